The predicted molar refractivity (Wildman–Crippen MR) is 97.8 cm³/mol. The molecule has 0 unspecified atom stereocenters. The van der Waals surface area contributed by atoms with Gasteiger partial charge in [0.15, 0.2) is 0 Å². The third-order valence-electron chi connectivity index (χ3n) is 5.21. The van der Waals surface area contributed by atoms with Crippen LogP contribution >= 0.6 is 0 Å². The Morgan fingerprint density at radius 1 is 1.33 bits per heavy atom. The number of pyridine rings is 1. The van der Waals surface area contributed by atoms with Crippen molar-refractivity contribution in [2.75, 3.05) is 7.11 Å². The second-order valence-corrected chi connectivity index (χ2v) is 7.12. The van der Waals surface area contributed by atoms with Crippen molar-refractivity contribution in [1.29, 1.82) is 0 Å². The first-order chi connectivity index (χ1) is 13.0. The van der Waals surface area contributed by atoms with Gasteiger partial charge in [0.25, 0.3) is 5.91 Å². The number of nitrogens with zero attached hydrogens (tertiary/aromatic N) is 2. The van der Waals surface area contributed by atoms with Gasteiger partial charge in [-0.3, -0.25) is 14.4 Å². The summed E-state index contributed by atoms with van der Waals surface area (Å²) in [7, 11) is 1.53. The summed E-state index contributed by atoms with van der Waals surface area (Å²) in [6.07, 6.45) is 5.23. The van der Waals surface area contributed by atoms with Gasteiger partial charge in [-0.05, 0) is 25.3 Å². The molecule has 1 aliphatic heterocycles. The van der Waals surface area contributed by atoms with Gasteiger partial charge in [0.05, 0.1) is 24.9 Å². The monoisotopic (exact) mass is 374 g/mol. The highest BCUT2D eigenvalue weighted by atomic mass is 16.5. The number of aromatic nitrogens is 1. The predicted octanol–water partition coefficient (Wildman–Crippen LogP) is 1.26. The number of hydrogen-bond acceptors (Lipinski definition) is 5. The standard InChI is InChI=1S/C19H26N4O4/c1-27-18-12(10-21-17(25)8-4-7-16(20)24)9-14-15(22-18)11-23(19(14)26)13-5-2-3-6-13/h9,13H,2-8,10-11H2,1H3,(H2,20,24)(H,21,25). The molecule has 146 valence electrons. The molecule has 1 fully saturated rings. The van der Waals surface area contributed by atoms with E-state index in [2.05, 4.69) is 10.3 Å². The van der Waals surface area contributed by atoms with E-state index in [0.29, 0.717) is 36.0 Å². The van der Waals surface area contributed by atoms with Crippen molar-refractivity contribution in [1.82, 2.24) is 15.2 Å². The van der Waals surface area contributed by atoms with Gasteiger partial charge in [-0.1, -0.05) is 12.8 Å². The van der Waals surface area contributed by atoms with Crippen LogP contribution in [0.2, 0.25) is 0 Å². The van der Waals surface area contributed by atoms with Crippen molar-refractivity contribution in [3.63, 3.8) is 0 Å². The third kappa shape index (κ3) is 4.37. The van der Waals surface area contributed by atoms with Gasteiger partial charge in [0.1, 0.15) is 0 Å². The quantitative estimate of drug-likeness (QED) is 0.711. The minimum Gasteiger partial charge on any atom is -0.481 e. The molecule has 3 amide bonds. The van der Waals surface area contributed by atoms with Crippen LogP contribution in [0.3, 0.4) is 0 Å². The number of rotatable bonds is 8. The number of nitrogens with two attached hydrogens (primary N) is 1. The van der Waals surface area contributed by atoms with E-state index in [9.17, 15) is 14.4 Å². The van der Waals surface area contributed by atoms with Crippen LogP contribution in [0, 0.1) is 0 Å². The first-order valence-electron chi connectivity index (χ1n) is 9.42. The number of nitrogens with one attached hydrogen (secondary N) is 1. The maximum absolute atomic E-state index is 12.8. The molecule has 0 aromatic carbocycles. The first kappa shape index (κ1) is 19.1. The summed E-state index contributed by atoms with van der Waals surface area (Å²) in [4.78, 5) is 41.9. The van der Waals surface area contributed by atoms with E-state index in [1.165, 1.54) is 7.11 Å². The molecule has 3 N–H and O–H groups in total. The molecule has 0 saturated heterocycles. The molecular weight excluding hydrogens is 348 g/mol. The normalized spacial score (nSPS) is 16.5. The summed E-state index contributed by atoms with van der Waals surface area (Å²) in [5.41, 5.74) is 7.07. The van der Waals surface area contributed by atoms with Crippen LogP contribution in [0.15, 0.2) is 6.07 Å². The topological polar surface area (TPSA) is 115 Å². The summed E-state index contributed by atoms with van der Waals surface area (Å²) in [5, 5.41) is 2.78. The number of fused-ring (bicyclic) bond motifs is 1. The van der Waals surface area contributed by atoms with Crippen LogP contribution in [0.1, 0.15) is 66.6 Å². The highest BCUT2D eigenvalue weighted by molar-refractivity contribution is 5.98. The van der Waals surface area contributed by atoms with E-state index in [1.807, 2.05) is 4.90 Å². The molecule has 2 heterocycles. The molecule has 0 atom stereocenters. The Morgan fingerprint density at radius 3 is 2.74 bits per heavy atom. The molecule has 0 radical (unpaired) electrons. The fourth-order valence-electron chi connectivity index (χ4n) is 3.79. The number of primary amides is 1. The molecule has 8 nitrogen and oxygen atoms in total. The van der Waals surface area contributed by atoms with Crippen LogP contribution in [0.25, 0.3) is 0 Å². The van der Waals surface area contributed by atoms with Gasteiger partial charge >= 0.3 is 0 Å². The molecule has 8 heteroatoms. The molecule has 3 rings (SSSR count). The number of carbonyl (C=O) groups excluding carboxylic acids is 3. The Bertz CT molecular complexity index is 743. The summed E-state index contributed by atoms with van der Waals surface area (Å²) in [5.74, 6) is -0.163. The van der Waals surface area contributed by atoms with Crippen LogP contribution in [-0.2, 0) is 22.7 Å². The second-order valence-electron chi connectivity index (χ2n) is 7.12. The first-order valence-corrected chi connectivity index (χ1v) is 9.42. The smallest absolute Gasteiger partial charge is 0.256 e. The SMILES string of the molecule is COc1nc2c(cc1CNC(=O)CCCC(N)=O)C(=O)N(C1CCCC1)C2. The Balaban J connectivity index is 1.66. The van der Waals surface area contributed by atoms with Crippen molar-refractivity contribution < 1.29 is 19.1 Å². The van der Waals surface area contributed by atoms with Gasteiger partial charge in [-0.2, -0.15) is 0 Å². The summed E-state index contributed by atoms with van der Waals surface area (Å²) in [6.45, 7) is 0.741. The zero-order valence-corrected chi connectivity index (χ0v) is 15.6. The van der Waals surface area contributed by atoms with E-state index in [4.69, 9.17) is 10.5 Å². The lowest BCUT2D eigenvalue weighted by Crippen LogP contribution is -2.33. The number of carbonyl (C=O) groups is 3. The number of amides is 3. The summed E-state index contributed by atoms with van der Waals surface area (Å²) >= 11 is 0. The zero-order valence-electron chi connectivity index (χ0n) is 15.6. The maximum atomic E-state index is 12.8. The number of methoxy groups -OCH3 is 1. The van der Waals surface area contributed by atoms with Gasteiger partial charge in [-0.25, -0.2) is 4.98 Å². The molecule has 0 spiro atoms. The molecule has 1 aromatic rings. The Kier molecular flexibility index (Phi) is 5.93. The lowest BCUT2D eigenvalue weighted by atomic mass is 10.1. The van der Waals surface area contributed by atoms with E-state index in [-0.39, 0.29) is 31.2 Å². The van der Waals surface area contributed by atoms with Crippen LogP contribution in [0.5, 0.6) is 5.88 Å². The fourth-order valence-corrected chi connectivity index (χ4v) is 3.79. The Labute approximate surface area is 158 Å². The van der Waals surface area contributed by atoms with Gasteiger partial charge in [0.2, 0.25) is 17.7 Å². The number of hydrogen-bond donors (Lipinski definition) is 2. The average molecular weight is 374 g/mol. The molecule has 1 aliphatic carbocycles. The van der Waals surface area contributed by atoms with Crippen LogP contribution in [0.4, 0.5) is 0 Å². The summed E-state index contributed by atoms with van der Waals surface area (Å²) < 4.78 is 5.36. The lowest BCUT2D eigenvalue weighted by Gasteiger charge is -2.22. The Hall–Kier alpha value is -2.64. The average Bonchev–Trinajstić information content (AvgIpc) is 3.27. The largest absolute Gasteiger partial charge is 0.481 e. The van der Waals surface area contributed by atoms with Crippen LogP contribution < -0.4 is 15.8 Å². The molecular formula is C19H26N4O4. The van der Waals surface area contributed by atoms with E-state index < -0.39 is 5.91 Å². The minimum atomic E-state index is -0.419. The fraction of sp³-hybridized carbons (Fsp3) is 0.579. The lowest BCUT2D eigenvalue weighted by molar-refractivity contribution is -0.121. The highest BCUT2D eigenvalue weighted by Gasteiger charge is 2.35. The molecule has 1 saturated carbocycles. The van der Waals surface area contributed by atoms with Crippen molar-refractivity contribution in [3.8, 4) is 5.88 Å². The second kappa shape index (κ2) is 8.37. The van der Waals surface area contributed by atoms with Gasteiger partial charge in [-0.15, -0.1) is 0 Å². The zero-order chi connectivity index (χ0) is 19.4. The van der Waals surface area contributed by atoms with E-state index in [1.54, 1.807) is 6.07 Å². The molecule has 1 aromatic heterocycles. The van der Waals surface area contributed by atoms with Gasteiger partial charge in [0, 0.05) is 31.0 Å². The van der Waals surface area contributed by atoms with Crippen molar-refractivity contribution >= 4 is 17.7 Å². The van der Waals surface area contributed by atoms with E-state index >= 15 is 0 Å². The van der Waals surface area contributed by atoms with Crippen LogP contribution in [-0.4, -0.2) is 40.8 Å². The van der Waals surface area contributed by atoms with Crippen molar-refractivity contribution in [2.45, 2.75) is 64.1 Å². The van der Waals surface area contributed by atoms with Crippen molar-refractivity contribution in [2.24, 2.45) is 5.73 Å². The minimum absolute atomic E-state index is 0.0149. The molecule has 2 aliphatic rings. The Morgan fingerprint density at radius 2 is 2.07 bits per heavy atom. The molecule has 27 heavy (non-hydrogen) atoms. The number of ether oxygens (including phenoxy) is 1. The summed E-state index contributed by atoms with van der Waals surface area (Å²) in [6, 6.07) is 2.08. The molecule has 0 bridgehead atoms. The van der Waals surface area contributed by atoms with Crippen molar-refractivity contribution in [3.05, 3.63) is 22.9 Å². The third-order valence-corrected chi connectivity index (χ3v) is 5.21. The highest BCUT2D eigenvalue weighted by Crippen LogP contribution is 2.33. The maximum Gasteiger partial charge on any atom is 0.256 e. The van der Waals surface area contributed by atoms with E-state index in [0.717, 1.165) is 31.4 Å². The van der Waals surface area contributed by atoms with Gasteiger partial charge < -0.3 is 20.7 Å².